The first-order valence-electron chi connectivity index (χ1n) is 5.33. The monoisotopic (exact) mass is 276 g/mol. The average Bonchev–Trinajstić information content (AvgIpc) is 2.60. The molecule has 1 aliphatic heterocycles. The predicted octanol–water partition coefficient (Wildman–Crippen LogP) is 2.66. The third kappa shape index (κ3) is 2.63. The second-order valence-corrected chi connectivity index (χ2v) is 5.42. The molecule has 3 nitrogen and oxygen atoms in total. The zero-order valence-electron chi connectivity index (χ0n) is 9.63. The van der Waals surface area contributed by atoms with Crippen molar-refractivity contribution in [1.82, 2.24) is 4.90 Å². The van der Waals surface area contributed by atoms with E-state index in [1.807, 2.05) is 18.2 Å². The molecular weight excluding hydrogens is 264 g/mol. The lowest BCUT2D eigenvalue weighted by molar-refractivity contribution is -0.121. The molecule has 0 saturated carbocycles. The molecule has 2 N–H and O–H groups in total. The molecule has 1 fully saturated rings. The maximum Gasteiger partial charge on any atom is 0.266 e. The summed E-state index contributed by atoms with van der Waals surface area (Å²) in [6, 6.07) is 7.34. The van der Waals surface area contributed by atoms with E-state index in [-0.39, 0.29) is 5.91 Å². The van der Waals surface area contributed by atoms with Crippen molar-refractivity contribution in [1.29, 1.82) is 0 Å². The molecule has 0 atom stereocenters. The quantitative estimate of drug-likeness (QED) is 0.399. The smallest absolute Gasteiger partial charge is 0.266 e. The maximum atomic E-state index is 12.1. The molecule has 0 unspecified atom stereocenters. The molecular formula is C13H12N2OS2. The highest BCUT2D eigenvalue weighted by atomic mass is 32.2. The number of nitrogens with two attached hydrogens (primary N) is 1. The van der Waals surface area contributed by atoms with Crippen LogP contribution in [0.2, 0.25) is 0 Å². The number of hydrogen-bond acceptors (Lipinski definition) is 4. The first-order chi connectivity index (χ1) is 8.61. The van der Waals surface area contributed by atoms with Crippen LogP contribution in [0.25, 0.3) is 6.08 Å². The van der Waals surface area contributed by atoms with Gasteiger partial charge in [-0.25, -0.2) is 0 Å². The van der Waals surface area contributed by atoms with E-state index in [2.05, 4.69) is 6.58 Å². The molecule has 18 heavy (non-hydrogen) atoms. The van der Waals surface area contributed by atoms with Crippen LogP contribution >= 0.6 is 24.0 Å². The van der Waals surface area contributed by atoms with Crippen LogP contribution in [0.3, 0.4) is 0 Å². The van der Waals surface area contributed by atoms with Gasteiger partial charge in [-0.05, 0) is 23.8 Å². The van der Waals surface area contributed by atoms with Crippen LogP contribution < -0.4 is 5.73 Å². The Balaban J connectivity index is 2.24. The van der Waals surface area contributed by atoms with Crippen LogP contribution in [0.4, 0.5) is 5.69 Å². The Hall–Kier alpha value is -1.59. The van der Waals surface area contributed by atoms with Crippen molar-refractivity contribution in [2.24, 2.45) is 0 Å². The second-order valence-electron chi connectivity index (χ2n) is 3.75. The lowest BCUT2D eigenvalue weighted by Crippen LogP contribution is -2.27. The van der Waals surface area contributed by atoms with Gasteiger partial charge in [0.15, 0.2) is 0 Å². The van der Waals surface area contributed by atoms with Crippen molar-refractivity contribution in [2.45, 2.75) is 0 Å². The summed E-state index contributed by atoms with van der Waals surface area (Å²) >= 11 is 6.47. The zero-order chi connectivity index (χ0) is 13.1. The number of nitrogens with zero attached hydrogens (tertiary/aromatic N) is 1. The first kappa shape index (κ1) is 12.9. The Kier molecular flexibility index (Phi) is 3.84. The molecule has 1 heterocycles. The van der Waals surface area contributed by atoms with Crippen molar-refractivity contribution in [3.63, 3.8) is 0 Å². The number of thiocarbonyl (C=S) groups is 1. The van der Waals surface area contributed by atoms with Crippen LogP contribution in [-0.4, -0.2) is 21.7 Å². The molecule has 2 rings (SSSR count). The van der Waals surface area contributed by atoms with Crippen LogP contribution in [0.1, 0.15) is 5.56 Å². The van der Waals surface area contributed by atoms with Gasteiger partial charge in [0.1, 0.15) is 4.32 Å². The summed E-state index contributed by atoms with van der Waals surface area (Å²) < 4.78 is 0.571. The number of nitrogen functional groups attached to an aromatic ring is 1. The minimum absolute atomic E-state index is 0.0678. The fourth-order valence-corrected chi connectivity index (χ4v) is 2.81. The molecule has 0 aliphatic carbocycles. The number of carbonyl (C=O) groups excluding carboxylic acids is 1. The first-order valence-corrected chi connectivity index (χ1v) is 6.56. The van der Waals surface area contributed by atoms with Gasteiger partial charge in [-0.15, -0.1) is 6.58 Å². The van der Waals surface area contributed by atoms with Crippen molar-refractivity contribution in [3.8, 4) is 0 Å². The number of thioether (sulfide) groups is 1. The summed E-state index contributed by atoms with van der Waals surface area (Å²) in [5, 5.41) is 0. The predicted molar refractivity (Wildman–Crippen MR) is 80.9 cm³/mol. The summed E-state index contributed by atoms with van der Waals surface area (Å²) in [4.78, 5) is 14.2. The number of benzene rings is 1. The summed E-state index contributed by atoms with van der Waals surface area (Å²) in [6.07, 6.45) is 3.48. The zero-order valence-corrected chi connectivity index (χ0v) is 11.3. The minimum atomic E-state index is -0.0678. The highest BCUT2D eigenvalue weighted by Crippen LogP contribution is 2.32. The van der Waals surface area contributed by atoms with Gasteiger partial charge in [-0.2, -0.15) is 0 Å². The van der Waals surface area contributed by atoms with Gasteiger partial charge >= 0.3 is 0 Å². The number of rotatable bonds is 3. The molecule has 1 saturated heterocycles. The van der Waals surface area contributed by atoms with E-state index in [0.29, 0.717) is 21.5 Å². The third-order valence-electron chi connectivity index (χ3n) is 2.42. The highest BCUT2D eigenvalue weighted by molar-refractivity contribution is 8.26. The molecule has 0 spiro atoms. The van der Waals surface area contributed by atoms with Crippen LogP contribution in [0.15, 0.2) is 41.8 Å². The summed E-state index contributed by atoms with van der Waals surface area (Å²) in [5.41, 5.74) is 7.25. The number of hydrogen-bond donors (Lipinski definition) is 1. The van der Waals surface area contributed by atoms with Gasteiger partial charge in [0.25, 0.3) is 5.91 Å². The average molecular weight is 276 g/mol. The maximum absolute atomic E-state index is 12.1. The Morgan fingerprint density at radius 1 is 1.39 bits per heavy atom. The Labute approximate surface area is 115 Å². The number of anilines is 1. The summed E-state index contributed by atoms with van der Waals surface area (Å²) in [7, 11) is 0. The largest absolute Gasteiger partial charge is 0.399 e. The van der Waals surface area contributed by atoms with E-state index in [4.69, 9.17) is 18.0 Å². The van der Waals surface area contributed by atoms with E-state index >= 15 is 0 Å². The molecule has 1 aromatic carbocycles. The fourth-order valence-electron chi connectivity index (χ4n) is 1.53. The number of amides is 1. The highest BCUT2D eigenvalue weighted by Gasteiger charge is 2.30. The lowest BCUT2D eigenvalue weighted by Gasteiger charge is -2.10. The standard InChI is InChI=1S/C13H12N2OS2/c1-2-7-15-12(16)11(18-13(15)17)8-9-3-5-10(14)6-4-9/h2-6,8H,1,7,14H2/b11-8+. The van der Waals surface area contributed by atoms with Crippen LogP contribution in [0.5, 0.6) is 0 Å². The van der Waals surface area contributed by atoms with Gasteiger partial charge in [0.05, 0.1) is 4.91 Å². The van der Waals surface area contributed by atoms with Gasteiger partial charge in [-0.1, -0.05) is 42.2 Å². The van der Waals surface area contributed by atoms with Crippen molar-refractivity contribution in [3.05, 3.63) is 47.4 Å². The Morgan fingerprint density at radius 3 is 2.67 bits per heavy atom. The van der Waals surface area contributed by atoms with Gasteiger partial charge in [0.2, 0.25) is 0 Å². The molecule has 5 heteroatoms. The van der Waals surface area contributed by atoms with E-state index in [0.717, 1.165) is 5.56 Å². The van der Waals surface area contributed by atoms with Gasteiger partial charge < -0.3 is 5.73 Å². The van der Waals surface area contributed by atoms with Gasteiger partial charge in [0, 0.05) is 12.2 Å². The third-order valence-corrected chi connectivity index (χ3v) is 3.80. The second kappa shape index (κ2) is 5.37. The molecule has 1 amide bonds. The lowest BCUT2D eigenvalue weighted by atomic mass is 10.2. The number of carbonyl (C=O) groups is 1. The summed E-state index contributed by atoms with van der Waals surface area (Å²) in [5.74, 6) is -0.0678. The molecule has 0 bridgehead atoms. The van der Waals surface area contributed by atoms with Crippen molar-refractivity contribution in [2.75, 3.05) is 12.3 Å². The Bertz CT molecular complexity index is 534. The van der Waals surface area contributed by atoms with Crippen molar-refractivity contribution >= 4 is 46.0 Å². The van der Waals surface area contributed by atoms with Crippen LogP contribution in [0, 0.1) is 0 Å². The Morgan fingerprint density at radius 2 is 2.06 bits per heavy atom. The molecule has 0 aromatic heterocycles. The van der Waals surface area contributed by atoms with E-state index in [1.165, 1.54) is 16.7 Å². The minimum Gasteiger partial charge on any atom is -0.399 e. The topological polar surface area (TPSA) is 46.3 Å². The van der Waals surface area contributed by atoms with Crippen molar-refractivity contribution < 1.29 is 4.79 Å². The molecule has 92 valence electrons. The van der Waals surface area contributed by atoms with E-state index < -0.39 is 0 Å². The van der Waals surface area contributed by atoms with Crippen LogP contribution in [-0.2, 0) is 4.79 Å². The molecule has 1 aromatic rings. The molecule has 1 aliphatic rings. The fraction of sp³-hybridized carbons (Fsp3) is 0.0769. The van der Waals surface area contributed by atoms with E-state index in [1.54, 1.807) is 18.2 Å². The SMILES string of the molecule is C=CCN1C(=O)/C(=C\c2ccc(N)cc2)SC1=S. The van der Waals surface area contributed by atoms with E-state index in [9.17, 15) is 4.79 Å². The summed E-state index contributed by atoms with van der Waals surface area (Å²) in [6.45, 7) is 4.06. The van der Waals surface area contributed by atoms with Gasteiger partial charge in [-0.3, -0.25) is 9.69 Å². The molecule has 0 radical (unpaired) electrons. The normalized spacial score (nSPS) is 17.6.